The molecular formula is C18H21N3O2. The first-order valence-electron chi connectivity index (χ1n) is 8.34. The van der Waals surface area contributed by atoms with Crippen molar-refractivity contribution in [2.45, 2.75) is 31.6 Å². The van der Waals surface area contributed by atoms with Crippen LogP contribution in [0.15, 0.2) is 34.9 Å². The maximum Gasteiger partial charge on any atom is 0.238 e. The zero-order chi connectivity index (χ0) is 15.6. The number of hydrogen-bond acceptors (Lipinski definition) is 4. The van der Waals surface area contributed by atoms with Crippen LogP contribution in [-0.4, -0.2) is 24.0 Å². The Morgan fingerprint density at radius 1 is 1.17 bits per heavy atom. The standard InChI is InChI=1S/C18H21N3O2/c22-17(11-19-9-12-1-2-12)21-15-7-5-13(6-8-15)16-10-20-18(23-16)14-3-4-14/h5-8,10,12,14,19H,1-4,9,11H2,(H,21,22). The molecule has 2 aliphatic rings. The fourth-order valence-electron chi connectivity index (χ4n) is 2.57. The Morgan fingerprint density at radius 3 is 2.65 bits per heavy atom. The Labute approximate surface area is 135 Å². The average molecular weight is 311 g/mol. The minimum Gasteiger partial charge on any atom is -0.440 e. The first-order valence-corrected chi connectivity index (χ1v) is 8.34. The summed E-state index contributed by atoms with van der Waals surface area (Å²) in [7, 11) is 0. The maximum atomic E-state index is 11.9. The van der Waals surface area contributed by atoms with E-state index in [1.807, 2.05) is 24.3 Å². The fraction of sp³-hybridized carbons (Fsp3) is 0.444. The lowest BCUT2D eigenvalue weighted by Gasteiger charge is -2.06. The summed E-state index contributed by atoms with van der Waals surface area (Å²) in [6.45, 7) is 1.31. The number of oxazole rings is 1. The van der Waals surface area contributed by atoms with Crippen LogP contribution in [0.5, 0.6) is 0 Å². The quantitative estimate of drug-likeness (QED) is 0.824. The highest BCUT2D eigenvalue weighted by Crippen LogP contribution is 2.40. The van der Waals surface area contributed by atoms with E-state index in [0.717, 1.165) is 35.4 Å². The van der Waals surface area contributed by atoms with Gasteiger partial charge in [-0.3, -0.25) is 4.79 Å². The van der Waals surface area contributed by atoms with Gasteiger partial charge in [-0.05, 0) is 62.4 Å². The van der Waals surface area contributed by atoms with Gasteiger partial charge in [0.15, 0.2) is 11.7 Å². The lowest BCUT2D eigenvalue weighted by molar-refractivity contribution is -0.115. The second-order valence-electron chi connectivity index (χ2n) is 6.54. The van der Waals surface area contributed by atoms with Crippen molar-refractivity contribution in [2.75, 3.05) is 18.4 Å². The normalized spacial score (nSPS) is 17.2. The number of benzene rings is 1. The van der Waals surface area contributed by atoms with Gasteiger partial charge in [-0.15, -0.1) is 0 Å². The number of nitrogens with zero attached hydrogens (tertiary/aromatic N) is 1. The molecule has 2 aromatic rings. The first-order chi connectivity index (χ1) is 11.3. The second-order valence-corrected chi connectivity index (χ2v) is 6.54. The molecule has 1 aromatic heterocycles. The molecule has 0 radical (unpaired) electrons. The van der Waals surface area contributed by atoms with E-state index in [4.69, 9.17) is 4.42 Å². The molecule has 2 fully saturated rings. The second kappa shape index (κ2) is 6.16. The van der Waals surface area contributed by atoms with E-state index in [1.165, 1.54) is 25.7 Å². The maximum absolute atomic E-state index is 11.9. The van der Waals surface area contributed by atoms with Gasteiger partial charge in [0, 0.05) is 17.2 Å². The largest absolute Gasteiger partial charge is 0.440 e. The highest BCUT2D eigenvalue weighted by Gasteiger charge is 2.28. The number of carbonyl (C=O) groups is 1. The molecule has 0 atom stereocenters. The summed E-state index contributed by atoms with van der Waals surface area (Å²) < 4.78 is 5.79. The molecule has 4 rings (SSSR count). The molecule has 1 heterocycles. The Hall–Kier alpha value is -2.14. The molecule has 0 saturated heterocycles. The molecule has 1 amide bonds. The van der Waals surface area contributed by atoms with Gasteiger partial charge < -0.3 is 15.1 Å². The summed E-state index contributed by atoms with van der Waals surface area (Å²) in [5.41, 5.74) is 1.78. The van der Waals surface area contributed by atoms with E-state index < -0.39 is 0 Å². The van der Waals surface area contributed by atoms with Gasteiger partial charge in [0.25, 0.3) is 0 Å². The predicted molar refractivity (Wildman–Crippen MR) is 88.1 cm³/mol. The van der Waals surface area contributed by atoms with Gasteiger partial charge >= 0.3 is 0 Å². The lowest BCUT2D eigenvalue weighted by Crippen LogP contribution is -2.29. The molecule has 0 spiro atoms. The Balaban J connectivity index is 1.32. The minimum absolute atomic E-state index is 0.00548. The summed E-state index contributed by atoms with van der Waals surface area (Å²) in [6, 6.07) is 7.69. The highest BCUT2D eigenvalue weighted by atomic mass is 16.4. The third kappa shape index (κ3) is 3.79. The molecule has 23 heavy (non-hydrogen) atoms. The molecule has 5 nitrogen and oxygen atoms in total. The van der Waals surface area contributed by atoms with Crippen molar-refractivity contribution in [1.82, 2.24) is 10.3 Å². The van der Waals surface area contributed by atoms with Crippen molar-refractivity contribution in [2.24, 2.45) is 5.92 Å². The van der Waals surface area contributed by atoms with Gasteiger partial charge in [-0.2, -0.15) is 0 Å². The summed E-state index contributed by atoms with van der Waals surface area (Å²) in [4.78, 5) is 16.2. The Bertz CT molecular complexity index is 685. The van der Waals surface area contributed by atoms with E-state index in [2.05, 4.69) is 15.6 Å². The van der Waals surface area contributed by atoms with Gasteiger partial charge in [-0.25, -0.2) is 4.98 Å². The molecule has 5 heteroatoms. The molecule has 0 aliphatic heterocycles. The summed E-state index contributed by atoms with van der Waals surface area (Å²) in [6.07, 6.45) is 6.73. The van der Waals surface area contributed by atoms with Crippen LogP contribution in [0.4, 0.5) is 5.69 Å². The highest BCUT2D eigenvalue weighted by molar-refractivity contribution is 5.92. The van der Waals surface area contributed by atoms with Gasteiger partial charge in [0.05, 0.1) is 12.7 Å². The van der Waals surface area contributed by atoms with E-state index in [-0.39, 0.29) is 5.91 Å². The Morgan fingerprint density at radius 2 is 1.96 bits per heavy atom. The average Bonchev–Trinajstić information content (AvgIpc) is 3.49. The molecular weight excluding hydrogens is 290 g/mol. The number of carbonyl (C=O) groups excluding carboxylic acids is 1. The van der Waals surface area contributed by atoms with Crippen LogP contribution in [-0.2, 0) is 4.79 Å². The predicted octanol–water partition coefficient (Wildman–Crippen LogP) is 3.16. The van der Waals surface area contributed by atoms with E-state index >= 15 is 0 Å². The Kier molecular flexibility index (Phi) is 3.87. The van der Waals surface area contributed by atoms with Crippen LogP contribution in [0.25, 0.3) is 11.3 Å². The van der Waals surface area contributed by atoms with Crippen LogP contribution >= 0.6 is 0 Å². The molecule has 2 saturated carbocycles. The van der Waals surface area contributed by atoms with Crippen LogP contribution in [0.1, 0.15) is 37.5 Å². The van der Waals surface area contributed by atoms with Crippen LogP contribution in [0.3, 0.4) is 0 Å². The van der Waals surface area contributed by atoms with E-state index in [1.54, 1.807) is 6.20 Å². The summed E-state index contributed by atoms with van der Waals surface area (Å²) in [5.74, 6) is 2.93. The van der Waals surface area contributed by atoms with Gasteiger partial charge in [0.1, 0.15) is 0 Å². The number of nitrogens with one attached hydrogen (secondary N) is 2. The SMILES string of the molecule is O=C(CNCC1CC1)Nc1ccc(-c2cnc(C3CC3)o2)cc1. The number of amides is 1. The molecule has 0 bridgehead atoms. The molecule has 2 aliphatic carbocycles. The smallest absolute Gasteiger partial charge is 0.238 e. The van der Waals surface area contributed by atoms with Gasteiger partial charge in [-0.1, -0.05) is 0 Å². The number of rotatable bonds is 7. The van der Waals surface area contributed by atoms with Crippen molar-refractivity contribution in [3.05, 3.63) is 36.4 Å². The third-order valence-corrected chi connectivity index (χ3v) is 4.32. The topological polar surface area (TPSA) is 67.2 Å². The fourth-order valence-corrected chi connectivity index (χ4v) is 2.57. The van der Waals surface area contributed by atoms with Crippen LogP contribution in [0, 0.1) is 5.92 Å². The molecule has 0 unspecified atom stereocenters. The van der Waals surface area contributed by atoms with Crippen LogP contribution in [0.2, 0.25) is 0 Å². The van der Waals surface area contributed by atoms with Crippen LogP contribution < -0.4 is 10.6 Å². The van der Waals surface area contributed by atoms with E-state index in [9.17, 15) is 4.79 Å². The molecule has 2 N–H and O–H groups in total. The van der Waals surface area contributed by atoms with Crippen molar-refractivity contribution in [3.8, 4) is 11.3 Å². The lowest BCUT2D eigenvalue weighted by atomic mass is 10.1. The number of aromatic nitrogens is 1. The monoisotopic (exact) mass is 311 g/mol. The van der Waals surface area contributed by atoms with E-state index in [0.29, 0.717) is 12.5 Å². The number of anilines is 1. The minimum atomic E-state index is -0.00548. The van der Waals surface area contributed by atoms with Gasteiger partial charge in [0.2, 0.25) is 5.91 Å². The summed E-state index contributed by atoms with van der Waals surface area (Å²) in [5, 5.41) is 6.09. The molecule has 1 aromatic carbocycles. The van der Waals surface area contributed by atoms with Crippen molar-refractivity contribution in [1.29, 1.82) is 0 Å². The molecule has 120 valence electrons. The first kappa shape index (κ1) is 14.5. The third-order valence-electron chi connectivity index (χ3n) is 4.32. The van der Waals surface area contributed by atoms with Crippen molar-refractivity contribution in [3.63, 3.8) is 0 Å². The van der Waals surface area contributed by atoms with Crippen molar-refractivity contribution >= 4 is 11.6 Å². The zero-order valence-electron chi connectivity index (χ0n) is 13.0. The zero-order valence-corrected chi connectivity index (χ0v) is 13.0. The van der Waals surface area contributed by atoms with Crippen molar-refractivity contribution < 1.29 is 9.21 Å². The number of hydrogen-bond donors (Lipinski definition) is 2. The summed E-state index contributed by atoms with van der Waals surface area (Å²) >= 11 is 0.